The molecule has 3 rings (SSSR count). The van der Waals surface area contributed by atoms with Crippen LogP contribution in [0.2, 0.25) is 0 Å². The van der Waals surface area contributed by atoms with E-state index < -0.39 is 0 Å². The van der Waals surface area contributed by atoms with Crippen LogP contribution in [0.25, 0.3) is 0 Å². The van der Waals surface area contributed by atoms with Crippen molar-refractivity contribution in [2.75, 3.05) is 13.1 Å². The first-order valence-corrected chi connectivity index (χ1v) is 8.27. The summed E-state index contributed by atoms with van der Waals surface area (Å²) in [4.78, 5) is 2.70. The maximum Gasteiger partial charge on any atom is 0.00825 e. The SMILES string of the molecule is CC(CCc1ccccc1)N1CC2CCCC(N)C2C1. The van der Waals surface area contributed by atoms with E-state index in [1.54, 1.807) is 0 Å². The van der Waals surface area contributed by atoms with Gasteiger partial charge in [0.05, 0.1) is 0 Å². The zero-order valence-electron chi connectivity index (χ0n) is 12.7. The van der Waals surface area contributed by atoms with Gasteiger partial charge in [0, 0.05) is 25.2 Å². The summed E-state index contributed by atoms with van der Waals surface area (Å²) >= 11 is 0. The predicted octanol–water partition coefficient (Wildman–Crippen LogP) is 3.07. The zero-order valence-corrected chi connectivity index (χ0v) is 12.7. The molecule has 2 heteroatoms. The van der Waals surface area contributed by atoms with E-state index in [-0.39, 0.29) is 0 Å². The first-order chi connectivity index (χ1) is 9.74. The first kappa shape index (κ1) is 14.1. The number of aryl methyl sites for hydroxylation is 1. The fourth-order valence-electron chi connectivity index (χ4n) is 4.11. The Kier molecular flexibility index (Phi) is 4.42. The molecule has 110 valence electrons. The van der Waals surface area contributed by atoms with Crippen LogP contribution in [0, 0.1) is 11.8 Å². The molecule has 0 radical (unpaired) electrons. The fraction of sp³-hybridized carbons (Fsp3) is 0.667. The monoisotopic (exact) mass is 272 g/mol. The third-order valence-electron chi connectivity index (χ3n) is 5.50. The van der Waals surface area contributed by atoms with Crippen LogP contribution in [0.4, 0.5) is 0 Å². The second-order valence-corrected chi connectivity index (χ2v) is 6.85. The third kappa shape index (κ3) is 3.07. The van der Waals surface area contributed by atoms with Gasteiger partial charge in [-0.2, -0.15) is 0 Å². The fourth-order valence-corrected chi connectivity index (χ4v) is 4.11. The van der Waals surface area contributed by atoms with Gasteiger partial charge in [-0.3, -0.25) is 0 Å². The lowest BCUT2D eigenvalue weighted by Gasteiger charge is -2.30. The molecular weight excluding hydrogens is 244 g/mol. The molecule has 0 aromatic heterocycles. The molecule has 1 heterocycles. The summed E-state index contributed by atoms with van der Waals surface area (Å²) < 4.78 is 0. The summed E-state index contributed by atoms with van der Waals surface area (Å²) in [6.07, 6.45) is 6.45. The number of benzene rings is 1. The van der Waals surface area contributed by atoms with Gasteiger partial charge in [-0.1, -0.05) is 36.8 Å². The van der Waals surface area contributed by atoms with Crippen LogP contribution in [-0.2, 0) is 6.42 Å². The molecule has 1 saturated carbocycles. The van der Waals surface area contributed by atoms with Crippen molar-refractivity contribution >= 4 is 0 Å². The number of nitrogens with two attached hydrogens (primary N) is 1. The highest BCUT2D eigenvalue weighted by Crippen LogP contribution is 2.36. The molecule has 0 amide bonds. The van der Waals surface area contributed by atoms with Gasteiger partial charge in [0.15, 0.2) is 0 Å². The van der Waals surface area contributed by atoms with Gasteiger partial charge in [0.1, 0.15) is 0 Å². The van der Waals surface area contributed by atoms with E-state index in [4.69, 9.17) is 5.73 Å². The van der Waals surface area contributed by atoms with E-state index in [9.17, 15) is 0 Å². The molecule has 2 fully saturated rings. The standard InChI is InChI=1S/C18H28N2/c1-14(10-11-15-6-3-2-4-7-15)20-12-16-8-5-9-18(19)17(16)13-20/h2-4,6-7,14,16-18H,5,8-13,19H2,1H3. The topological polar surface area (TPSA) is 29.3 Å². The minimum atomic E-state index is 0.458. The minimum absolute atomic E-state index is 0.458. The summed E-state index contributed by atoms with van der Waals surface area (Å²) in [6, 6.07) is 12.0. The van der Waals surface area contributed by atoms with Crippen LogP contribution in [0.15, 0.2) is 30.3 Å². The molecular formula is C18H28N2. The first-order valence-electron chi connectivity index (χ1n) is 8.27. The normalized spacial score (nSPS) is 32.0. The molecule has 20 heavy (non-hydrogen) atoms. The molecule has 2 nitrogen and oxygen atoms in total. The average Bonchev–Trinajstić information content (AvgIpc) is 2.91. The number of hydrogen-bond acceptors (Lipinski definition) is 2. The third-order valence-corrected chi connectivity index (χ3v) is 5.50. The number of hydrogen-bond donors (Lipinski definition) is 1. The molecule has 1 aliphatic heterocycles. The second-order valence-electron chi connectivity index (χ2n) is 6.85. The smallest absolute Gasteiger partial charge is 0.00825 e. The molecule has 1 saturated heterocycles. The Bertz CT molecular complexity index is 417. The molecule has 4 atom stereocenters. The van der Waals surface area contributed by atoms with Crippen molar-refractivity contribution in [3.63, 3.8) is 0 Å². The highest BCUT2D eigenvalue weighted by molar-refractivity contribution is 5.14. The summed E-state index contributed by atoms with van der Waals surface area (Å²) in [5.41, 5.74) is 7.79. The Morgan fingerprint density at radius 1 is 1.20 bits per heavy atom. The van der Waals surface area contributed by atoms with Gasteiger partial charge >= 0.3 is 0 Å². The molecule has 1 aromatic rings. The lowest BCUT2D eigenvalue weighted by molar-refractivity contribution is 0.232. The number of fused-ring (bicyclic) bond motifs is 1. The summed E-state index contributed by atoms with van der Waals surface area (Å²) in [5.74, 6) is 1.64. The quantitative estimate of drug-likeness (QED) is 0.912. The lowest BCUT2D eigenvalue weighted by Crippen LogP contribution is -2.38. The van der Waals surface area contributed by atoms with E-state index in [1.807, 2.05) is 0 Å². The molecule has 1 aromatic carbocycles. The Morgan fingerprint density at radius 2 is 2.00 bits per heavy atom. The van der Waals surface area contributed by atoms with Crippen molar-refractivity contribution < 1.29 is 0 Å². The van der Waals surface area contributed by atoms with E-state index in [2.05, 4.69) is 42.2 Å². The lowest BCUT2D eigenvalue weighted by atomic mass is 9.78. The molecule has 0 spiro atoms. The van der Waals surface area contributed by atoms with Crippen LogP contribution < -0.4 is 5.73 Å². The minimum Gasteiger partial charge on any atom is -0.327 e. The Balaban J connectivity index is 1.52. The molecule has 2 aliphatic rings. The van der Waals surface area contributed by atoms with Crippen molar-refractivity contribution in [1.29, 1.82) is 0 Å². The Hall–Kier alpha value is -0.860. The van der Waals surface area contributed by atoms with Gasteiger partial charge in [0.25, 0.3) is 0 Å². The van der Waals surface area contributed by atoms with Crippen LogP contribution >= 0.6 is 0 Å². The summed E-state index contributed by atoms with van der Waals surface area (Å²) in [6.45, 7) is 4.92. The largest absolute Gasteiger partial charge is 0.327 e. The maximum atomic E-state index is 6.32. The van der Waals surface area contributed by atoms with E-state index in [0.29, 0.717) is 12.1 Å². The van der Waals surface area contributed by atoms with E-state index >= 15 is 0 Å². The van der Waals surface area contributed by atoms with Crippen molar-refractivity contribution in [2.24, 2.45) is 17.6 Å². The number of likely N-dealkylation sites (tertiary alicyclic amines) is 1. The highest BCUT2D eigenvalue weighted by Gasteiger charge is 2.39. The van der Waals surface area contributed by atoms with Crippen LogP contribution in [0.3, 0.4) is 0 Å². The van der Waals surface area contributed by atoms with Gasteiger partial charge in [0.2, 0.25) is 0 Å². The van der Waals surface area contributed by atoms with Crippen molar-refractivity contribution in [1.82, 2.24) is 4.90 Å². The Labute approximate surface area is 123 Å². The van der Waals surface area contributed by atoms with E-state index in [1.165, 1.54) is 50.8 Å². The van der Waals surface area contributed by atoms with Gasteiger partial charge in [-0.15, -0.1) is 0 Å². The number of rotatable bonds is 4. The van der Waals surface area contributed by atoms with Crippen LogP contribution in [0.5, 0.6) is 0 Å². The van der Waals surface area contributed by atoms with Crippen molar-refractivity contribution in [2.45, 2.75) is 51.1 Å². The van der Waals surface area contributed by atoms with Gasteiger partial charge in [-0.25, -0.2) is 0 Å². The molecule has 1 aliphatic carbocycles. The summed E-state index contributed by atoms with van der Waals surface area (Å²) in [7, 11) is 0. The number of nitrogens with zero attached hydrogens (tertiary/aromatic N) is 1. The second kappa shape index (κ2) is 6.28. The maximum absolute atomic E-state index is 6.32. The average molecular weight is 272 g/mol. The van der Waals surface area contributed by atoms with Crippen molar-refractivity contribution in [3.05, 3.63) is 35.9 Å². The molecule has 4 unspecified atom stereocenters. The van der Waals surface area contributed by atoms with Crippen molar-refractivity contribution in [3.8, 4) is 0 Å². The van der Waals surface area contributed by atoms with Gasteiger partial charge in [-0.05, 0) is 50.0 Å². The zero-order chi connectivity index (χ0) is 13.9. The predicted molar refractivity (Wildman–Crippen MR) is 84.6 cm³/mol. The molecule has 0 bridgehead atoms. The van der Waals surface area contributed by atoms with Crippen LogP contribution in [0.1, 0.15) is 38.2 Å². The molecule has 2 N–H and O–H groups in total. The van der Waals surface area contributed by atoms with Gasteiger partial charge < -0.3 is 10.6 Å². The van der Waals surface area contributed by atoms with E-state index in [0.717, 1.165) is 11.8 Å². The Morgan fingerprint density at radius 3 is 2.75 bits per heavy atom. The van der Waals surface area contributed by atoms with Crippen LogP contribution in [-0.4, -0.2) is 30.1 Å². The summed E-state index contributed by atoms with van der Waals surface area (Å²) in [5, 5.41) is 0. The highest BCUT2D eigenvalue weighted by atomic mass is 15.2.